The van der Waals surface area contributed by atoms with Crippen LogP contribution in [0.15, 0.2) is 95.9 Å². The Morgan fingerprint density at radius 1 is 0.750 bits per heavy atom. The third-order valence-corrected chi connectivity index (χ3v) is 8.29. The number of hydrogen-bond donors (Lipinski definition) is 2. The normalized spacial score (nSPS) is 12.6. The van der Waals surface area contributed by atoms with Crippen LogP contribution in [0.2, 0.25) is 0 Å². The molecule has 40 heavy (non-hydrogen) atoms. The summed E-state index contributed by atoms with van der Waals surface area (Å²) in [7, 11) is -2.30. The second-order valence-corrected chi connectivity index (χ2v) is 11.6. The van der Waals surface area contributed by atoms with Gasteiger partial charge in [0.15, 0.2) is 9.84 Å². The minimum atomic E-state index is -3.54. The third kappa shape index (κ3) is 10.3. The van der Waals surface area contributed by atoms with Crippen molar-refractivity contribution in [3.05, 3.63) is 102 Å². The molecule has 0 aliphatic heterocycles. The van der Waals surface area contributed by atoms with E-state index in [-0.39, 0.29) is 36.3 Å². The molecular weight excluding hydrogens is 528 g/mol. The molecule has 2 amide bonds. The van der Waals surface area contributed by atoms with Crippen LogP contribution in [0.3, 0.4) is 0 Å². The first-order valence-electron chi connectivity index (χ1n) is 13.3. The maximum atomic E-state index is 13.5. The monoisotopic (exact) mass is 564 g/mol. The molecule has 2 atom stereocenters. The van der Waals surface area contributed by atoms with Gasteiger partial charge < -0.3 is 15.4 Å². The molecule has 0 aromatic heterocycles. The highest BCUT2D eigenvalue weighted by Gasteiger charge is 2.25. The standard InChI is InChI=1S/C31H36N2O6S/c1-39-30(35)20-19-29(34)33-28(23-25-13-7-3-8-14-25)31(36)32-26(18-17-24-11-5-2-6-12-24)21-22-40(37,38)27-15-9-4-10-16-27/h2-16,26,28H,17-23H2,1H3,(H,32,36)(H,33,34)/t26-,28-/m0/s1. The third-order valence-electron chi connectivity index (χ3n) is 6.53. The van der Waals surface area contributed by atoms with Gasteiger partial charge in [0.25, 0.3) is 0 Å². The molecule has 0 fully saturated rings. The lowest BCUT2D eigenvalue weighted by Crippen LogP contribution is -2.51. The van der Waals surface area contributed by atoms with Crippen LogP contribution in [-0.2, 0) is 41.8 Å². The number of carbonyl (C=O) groups is 3. The van der Waals surface area contributed by atoms with Gasteiger partial charge in [0.2, 0.25) is 11.8 Å². The molecule has 0 saturated heterocycles. The number of hydrogen-bond acceptors (Lipinski definition) is 6. The van der Waals surface area contributed by atoms with Gasteiger partial charge in [0, 0.05) is 18.9 Å². The first kappa shape index (κ1) is 30.6. The van der Waals surface area contributed by atoms with E-state index in [0.717, 1.165) is 11.1 Å². The lowest BCUT2D eigenvalue weighted by atomic mass is 10.0. The van der Waals surface area contributed by atoms with Crippen molar-refractivity contribution in [2.24, 2.45) is 0 Å². The number of rotatable bonds is 15. The first-order valence-corrected chi connectivity index (χ1v) is 14.9. The second-order valence-electron chi connectivity index (χ2n) is 9.54. The highest BCUT2D eigenvalue weighted by Crippen LogP contribution is 2.15. The summed E-state index contributed by atoms with van der Waals surface area (Å²) >= 11 is 0. The number of ether oxygens (including phenoxy) is 1. The quantitative estimate of drug-likeness (QED) is 0.272. The summed E-state index contributed by atoms with van der Waals surface area (Å²) in [6.45, 7) is 0. The number of aryl methyl sites for hydroxylation is 1. The summed E-state index contributed by atoms with van der Waals surface area (Å²) in [5.74, 6) is -1.51. The molecule has 3 aromatic rings. The number of nitrogens with one attached hydrogen (secondary N) is 2. The minimum absolute atomic E-state index is 0.0982. The van der Waals surface area contributed by atoms with E-state index in [1.807, 2.05) is 60.7 Å². The van der Waals surface area contributed by atoms with E-state index in [1.54, 1.807) is 30.3 Å². The summed E-state index contributed by atoms with van der Waals surface area (Å²) in [6.07, 6.45) is 1.41. The molecule has 0 aliphatic carbocycles. The van der Waals surface area contributed by atoms with Crippen molar-refractivity contribution in [1.82, 2.24) is 10.6 Å². The van der Waals surface area contributed by atoms with Crippen molar-refractivity contribution in [3.63, 3.8) is 0 Å². The van der Waals surface area contributed by atoms with Crippen molar-refractivity contribution in [2.75, 3.05) is 12.9 Å². The van der Waals surface area contributed by atoms with Crippen molar-refractivity contribution in [2.45, 2.75) is 55.5 Å². The number of esters is 1. The van der Waals surface area contributed by atoms with E-state index in [1.165, 1.54) is 7.11 Å². The predicted molar refractivity (Wildman–Crippen MR) is 153 cm³/mol. The van der Waals surface area contributed by atoms with E-state index in [2.05, 4.69) is 15.4 Å². The highest BCUT2D eigenvalue weighted by molar-refractivity contribution is 7.91. The molecule has 0 radical (unpaired) electrons. The Bertz CT molecular complexity index is 1330. The van der Waals surface area contributed by atoms with Gasteiger partial charge in [-0.15, -0.1) is 0 Å². The topological polar surface area (TPSA) is 119 Å². The van der Waals surface area contributed by atoms with E-state index in [9.17, 15) is 22.8 Å². The Labute approximate surface area is 236 Å². The maximum absolute atomic E-state index is 13.5. The second kappa shape index (κ2) is 15.6. The molecular formula is C31H36N2O6S. The van der Waals surface area contributed by atoms with Gasteiger partial charge in [-0.05, 0) is 42.5 Å². The van der Waals surface area contributed by atoms with Gasteiger partial charge in [-0.1, -0.05) is 78.9 Å². The Morgan fingerprint density at radius 3 is 1.93 bits per heavy atom. The molecule has 0 bridgehead atoms. The van der Waals surface area contributed by atoms with Gasteiger partial charge in [0.05, 0.1) is 24.2 Å². The molecule has 0 spiro atoms. The Balaban J connectivity index is 1.74. The van der Waals surface area contributed by atoms with Crippen LogP contribution in [0, 0.1) is 0 Å². The van der Waals surface area contributed by atoms with Crippen LogP contribution in [0.1, 0.15) is 36.8 Å². The number of benzene rings is 3. The summed E-state index contributed by atoms with van der Waals surface area (Å²) in [4.78, 5) is 37.9. The molecule has 9 heteroatoms. The summed E-state index contributed by atoms with van der Waals surface area (Å²) in [6, 6.07) is 25.9. The Morgan fingerprint density at radius 2 is 1.32 bits per heavy atom. The van der Waals surface area contributed by atoms with Crippen LogP contribution in [-0.4, -0.2) is 51.1 Å². The molecule has 0 heterocycles. The van der Waals surface area contributed by atoms with Crippen molar-refractivity contribution >= 4 is 27.6 Å². The van der Waals surface area contributed by atoms with E-state index in [0.29, 0.717) is 12.8 Å². The van der Waals surface area contributed by atoms with Gasteiger partial charge in [-0.25, -0.2) is 8.42 Å². The van der Waals surface area contributed by atoms with Gasteiger partial charge in [-0.3, -0.25) is 14.4 Å². The molecule has 0 aliphatic rings. The summed E-state index contributed by atoms with van der Waals surface area (Å²) in [5.41, 5.74) is 1.92. The summed E-state index contributed by atoms with van der Waals surface area (Å²) in [5, 5.41) is 5.75. The van der Waals surface area contributed by atoms with Crippen molar-refractivity contribution < 1.29 is 27.5 Å². The fourth-order valence-electron chi connectivity index (χ4n) is 4.26. The van der Waals surface area contributed by atoms with Crippen LogP contribution in [0.5, 0.6) is 0 Å². The Kier molecular flexibility index (Phi) is 11.9. The van der Waals surface area contributed by atoms with Crippen LogP contribution >= 0.6 is 0 Å². The molecule has 3 aromatic carbocycles. The molecule has 0 unspecified atom stereocenters. The van der Waals surface area contributed by atoms with Crippen molar-refractivity contribution in [1.29, 1.82) is 0 Å². The predicted octanol–water partition coefficient (Wildman–Crippen LogP) is 3.65. The number of amides is 2. The average molecular weight is 565 g/mol. The van der Waals surface area contributed by atoms with Crippen LogP contribution < -0.4 is 10.6 Å². The SMILES string of the molecule is COC(=O)CCC(=O)N[C@@H](Cc1ccccc1)C(=O)N[C@@H](CCc1ccccc1)CCS(=O)(=O)c1ccccc1. The lowest BCUT2D eigenvalue weighted by Gasteiger charge is -2.24. The van der Waals surface area contributed by atoms with Crippen LogP contribution in [0.25, 0.3) is 0 Å². The van der Waals surface area contributed by atoms with Gasteiger partial charge >= 0.3 is 5.97 Å². The van der Waals surface area contributed by atoms with E-state index in [4.69, 9.17) is 0 Å². The average Bonchev–Trinajstić information content (AvgIpc) is 2.98. The fraction of sp³-hybridized carbons (Fsp3) is 0.323. The zero-order valence-corrected chi connectivity index (χ0v) is 23.4. The molecule has 8 nitrogen and oxygen atoms in total. The molecule has 3 rings (SSSR count). The lowest BCUT2D eigenvalue weighted by molar-refractivity contribution is -0.142. The van der Waals surface area contributed by atoms with E-state index >= 15 is 0 Å². The Hall–Kier alpha value is -3.98. The largest absolute Gasteiger partial charge is 0.469 e. The van der Waals surface area contributed by atoms with E-state index < -0.39 is 39.7 Å². The van der Waals surface area contributed by atoms with Crippen molar-refractivity contribution in [3.8, 4) is 0 Å². The molecule has 212 valence electrons. The molecule has 2 N–H and O–H groups in total. The maximum Gasteiger partial charge on any atom is 0.306 e. The molecule has 0 saturated carbocycles. The first-order chi connectivity index (χ1) is 19.3. The zero-order valence-electron chi connectivity index (χ0n) is 22.6. The highest BCUT2D eigenvalue weighted by atomic mass is 32.2. The smallest absolute Gasteiger partial charge is 0.306 e. The summed E-state index contributed by atoms with van der Waals surface area (Å²) < 4.78 is 30.5. The van der Waals surface area contributed by atoms with Gasteiger partial charge in [0.1, 0.15) is 6.04 Å². The zero-order chi connectivity index (χ0) is 28.8. The van der Waals surface area contributed by atoms with Gasteiger partial charge in [-0.2, -0.15) is 0 Å². The number of carbonyl (C=O) groups excluding carboxylic acids is 3. The van der Waals surface area contributed by atoms with Crippen LogP contribution in [0.4, 0.5) is 0 Å². The minimum Gasteiger partial charge on any atom is -0.469 e. The fourth-order valence-corrected chi connectivity index (χ4v) is 5.66. The number of methoxy groups -OCH3 is 1. The number of sulfone groups is 1.